The fraction of sp³-hybridized carbons (Fsp3) is 0.174. The Bertz CT molecular complexity index is 1280. The summed E-state index contributed by atoms with van der Waals surface area (Å²) in [5.74, 6) is -0.0651. The zero-order valence-corrected chi connectivity index (χ0v) is 18.2. The van der Waals surface area contributed by atoms with Crippen molar-refractivity contribution >= 4 is 40.1 Å². The lowest BCUT2D eigenvalue weighted by atomic mass is 9.99. The number of benzene rings is 2. The van der Waals surface area contributed by atoms with Gasteiger partial charge in [0.15, 0.2) is 5.16 Å². The fourth-order valence-corrected chi connectivity index (χ4v) is 5.16. The zero-order valence-electron chi connectivity index (χ0n) is 16.5. The van der Waals surface area contributed by atoms with Crippen LogP contribution in [0.3, 0.4) is 0 Å². The maximum absolute atomic E-state index is 11.8. The quantitative estimate of drug-likeness (QED) is 0.389. The molecule has 5 nitrogen and oxygen atoms in total. The van der Waals surface area contributed by atoms with Crippen molar-refractivity contribution in [3.05, 3.63) is 69.4 Å². The topological polar surface area (TPSA) is 78.9 Å². The third-order valence-corrected chi connectivity index (χ3v) is 6.79. The number of hydrogen-bond acceptors (Lipinski definition) is 5. The van der Waals surface area contributed by atoms with Crippen molar-refractivity contribution in [3.8, 4) is 17.2 Å². The Morgan fingerprint density at radius 1 is 1.23 bits per heavy atom. The van der Waals surface area contributed by atoms with Crippen molar-refractivity contribution in [2.75, 3.05) is 5.75 Å². The Labute approximate surface area is 182 Å². The van der Waals surface area contributed by atoms with Crippen molar-refractivity contribution in [1.29, 1.82) is 5.26 Å². The van der Waals surface area contributed by atoms with E-state index in [1.54, 1.807) is 11.8 Å². The minimum atomic E-state index is -0.921. The van der Waals surface area contributed by atoms with Crippen LogP contribution in [0.4, 0.5) is 0 Å². The minimum Gasteiger partial charge on any atom is -0.477 e. The molecule has 2 heterocycles. The van der Waals surface area contributed by atoms with E-state index in [1.807, 2.05) is 60.0 Å². The number of nitrogens with zero attached hydrogens (tertiary/aromatic N) is 3. The Hall–Kier alpha value is -3.08. The molecule has 0 aliphatic heterocycles. The Balaban J connectivity index is 1.75. The maximum atomic E-state index is 11.8. The lowest BCUT2D eigenvalue weighted by Gasteiger charge is -2.10. The van der Waals surface area contributed by atoms with E-state index in [-0.39, 0.29) is 0 Å². The monoisotopic (exact) mass is 433 g/mol. The third kappa shape index (κ3) is 3.60. The van der Waals surface area contributed by atoms with Gasteiger partial charge in [-0.05, 0) is 35.4 Å². The molecule has 0 atom stereocenters. The molecule has 0 radical (unpaired) electrons. The molecule has 0 saturated carbocycles. The second-order valence-electron chi connectivity index (χ2n) is 6.76. The van der Waals surface area contributed by atoms with Crippen LogP contribution in [0.2, 0.25) is 0 Å². The van der Waals surface area contributed by atoms with Crippen LogP contribution in [-0.2, 0) is 6.54 Å². The van der Waals surface area contributed by atoms with Crippen LogP contribution in [-0.4, -0.2) is 26.4 Å². The number of rotatable bonds is 6. The van der Waals surface area contributed by atoms with E-state index in [2.05, 4.69) is 13.0 Å². The number of aromatic carboxylic acids is 1. The van der Waals surface area contributed by atoms with Gasteiger partial charge in [-0.25, -0.2) is 9.78 Å². The highest BCUT2D eigenvalue weighted by molar-refractivity contribution is 7.99. The Kier molecular flexibility index (Phi) is 5.62. The van der Waals surface area contributed by atoms with Crippen molar-refractivity contribution in [2.45, 2.75) is 25.5 Å². The average Bonchev–Trinajstić information content (AvgIpc) is 3.26. The van der Waals surface area contributed by atoms with Crippen molar-refractivity contribution in [2.24, 2.45) is 0 Å². The first kappa shape index (κ1) is 20.2. The normalized spacial score (nSPS) is 11.0. The third-order valence-electron chi connectivity index (χ3n) is 4.86. The molecule has 7 heteroatoms. The first-order valence-corrected chi connectivity index (χ1v) is 11.3. The van der Waals surface area contributed by atoms with Gasteiger partial charge in [-0.3, -0.25) is 0 Å². The van der Waals surface area contributed by atoms with Crippen LogP contribution >= 0.6 is 23.1 Å². The summed E-state index contributed by atoms with van der Waals surface area (Å²) in [6, 6.07) is 17.8. The number of carboxylic acid groups (broad SMARTS) is 1. The first-order valence-electron chi connectivity index (χ1n) is 9.47. The molecule has 150 valence electrons. The summed E-state index contributed by atoms with van der Waals surface area (Å²) in [7, 11) is 0. The molecular formula is C23H19N3O2S2. The summed E-state index contributed by atoms with van der Waals surface area (Å²) in [5.41, 5.74) is 5.04. The molecule has 0 aliphatic rings. The van der Waals surface area contributed by atoms with Crippen LogP contribution in [0.5, 0.6) is 0 Å². The molecule has 30 heavy (non-hydrogen) atoms. The van der Waals surface area contributed by atoms with Crippen LogP contribution in [0.1, 0.15) is 32.6 Å². The fourth-order valence-electron chi connectivity index (χ4n) is 3.49. The zero-order chi connectivity index (χ0) is 21.3. The number of hydrogen-bond donors (Lipinski definition) is 1. The van der Waals surface area contributed by atoms with E-state index in [1.165, 1.54) is 11.3 Å². The maximum Gasteiger partial charge on any atom is 0.348 e. The highest BCUT2D eigenvalue weighted by Crippen LogP contribution is 2.35. The summed E-state index contributed by atoms with van der Waals surface area (Å²) in [5, 5.41) is 19.9. The minimum absolute atomic E-state index is 0.331. The molecule has 0 spiro atoms. The van der Waals surface area contributed by atoms with Crippen LogP contribution in [0.25, 0.3) is 22.2 Å². The van der Waals surface area contributed by atoms with Crippen LogP contribution in [0.15, 0.2) is 53.7 Å². The van der Waals surface area contributed by atoms with E-state index in [9.17, 15) is 15.2 Å². The van der Waals surface area contributed by atoms with Crippen molar-refractivity contribution < 1.29 is 9.90 Å². The molecule has 0 unspecified atom stereocenters. The Morgan fingerprint density at radius 2 is 1.97 bits per heavy atom. The van der Waals surface area contributed by atoms with Gasteiger partial charge in [0.25, 0.3) is 0 Å². The van der Waals surface area contributed by atoms with E-state index < -0.39 is 5.97 Å². The number of fused-ring (bicyclic) bond motifs is 1. The lowest BCUT2D eigenvalue weighted by molar-refractivity contribution is 0.0703. The number of aromatic nitrogens is 2. The van der Waals surface area contributed by atoms with Crippen LogP contribution < -0.4 is 0 Å². The van der Waals surface area contributed by atoms with Gasteiger partial charge in [-0.1, -0.05) is 61.2 Å². The van der Waals surface area contributed by atoms with Gasteiger partial charge in [0, 0.05) is 4.88 Å². The number of imidazole rings is 1. The standard InChI is InChI=1S/C23H19N3O2S2/c1-3-29-23-25-19-14(2)30-21(22(27)28)20(19)26(23)13-15-8-10-16(11-9-15)18-7-5-4-6-17(18)12-24/h4-11H,3,13H2,1-2H3,(H,27,28). The molecule has 0 amide bonds. The van der Waals surface area contributed by atoms with E-state index in [0.717, 1.165) is 38.0 Å². The van der Waals surface area contributed by atoms with Crippen LogP contribution in [0, 0.1) is 18.3 Å². The molecular weight excluding hydrogens is 414 g/mol. The SMILES string of the molecule is CCSc1nc2c(C)sc(C(=O)O)c2n1Cc1ccc(-c2ccccc2C#N)cc1. The lowest BCUT2D eigenvalue weighted by Crippen LogP contribution is -2.04. The number of thiophene rings is 1. The largest absolute Gasteiger partial charge is 0.477 e. The molecule has 0 fully saturated rings. The number of thioether (sulfide) groups is 1. The number of carboxylic acids is 1. The van der Waals surface area contributed by atoms with Gasteiger partial charge in [0.1, 0.15) is 10.4 Å². The van der Waals surface area contributed by atoms with Gasteiger partial charge in [-0.2, -0.15) is 5.26 Å². The number of carbonyl (C=O) groups is 1. The predicted octanol–water partition coefficient (Wildman–Crippen LogP) is 5.80. The number of aryl methyl sites for hydroxylation is 1. The average molecular weight is 434 g/mol. The molecule has 2 aromatic heterocycles. The van der Waals surface area contributed by atoms with E-state index >= 15 is 0 Å². The van der Waals surface area contributed by atoms with E-state index in [0.29, 0.717) is 22.5 Å². The van der Waals surface area contributed by atoms with Gasteiger partial charge in [0.05, 0.1) is 23.7 Å². The molecule has 1 N–H and O–H groups in total. The summed E-state index contributed by atoms with van der Waals surface area (Å²) in [6.07, 6.45) is 0. The van der Waals surface area contributed by atoms with Gasteiger partial charge in [0.2, 0.25) is 0 Å². The summed E-state index contributed by atoms with van der Waals surface area (Å²) in [4.78, 5) is 17.8. The van der Waals surface area contributed by atoms with E-state index in [4.69, 9.17) is 4.98 Å². The molecule has 4 rings (SSSR count). The molecule has 0 aliphatic carbocycles. The highest BCUT2D eigenvalue weighted by atomic mass is 32.2. The highest BCUT2D eigenvalue weighted by Gasteiger charge is 2.23. The molecule has 4 aromatic rings. The molecule has 0 bridgehead atoms. The Morgan fingerprint density at radius 3 is 2.63 bits per heavy atom. The summed E-state index contributed by atoms with van der Waals surface area (Å²) >= 11 is 2.89. The first-order chi connectivity index (χ1) is 14.5. The summed E-state index contributed by atoms with van der Waals surface area (Å²) < 4.78 is 2.01. The number of nitriles is 1. The smallest absolute Gasteiger partial charge is 0.348 e. The second kappa shape index (κ2) is 8.34. The molecule has 0 saturated heterocycles. The summed E-state index contributed by atoms with van der Waals surface area (Å²) in [6.45, 7) is 4.51. The van der Waals surface area contributed by atoms with Crippen molar-refractivity contribution in [3.63, 3.8) is 0 Å². The molecule has 2 aromatic carbocycles. The predicted molar refractivity (Wildman–Crippen MR) is 121 cm³/mol. The van der Waals surface area contributed by atoms with Gasteiger partial charge in [-0.15, -0.1) is 11.3 Å². The second-order valence-corrected chi connectivity index (χ2v) is 9.21. The van der Waals surface area contributed by atoms with Gasteiger partial charge < -0.3 is 9.67 Å². The van der Waals surface area contributed by atoms with Gasteiger partial charge >= 0.3 is 5.97 Å². The van der Waals surface area contributed by atoms with Crippen molar-refractivity contribution in [1.82, 2.24) is 9.55 Å².